The molecule has 0 saturated carbocycles. The van der Waals surface area contributed by atoms with E-state index in [0.29, 0.717) is 21.9 Å². The molecule has 0 radical (unpaired) electrons. The molecule has 1 aliphatic rings. The Kier molecular flexibility index (Phi) is 5.28. The van der Waals surface area contributed by atoms with Gasteiger partial charge in [-0.25, -0.2) is 9.79 Å². The second-order valence-electron chi connectivity index (χ2n) is 4.84. The van der Waals surface area contributed by atoms with Gasteiger partial charge in [-0.2, -0.15) is 0 Å². The van der Waals surface area contributed by atoms with Crippen LogP contribution < -0.4 is 9.47 Å². The molecule has 0 spiro atoms. The van der Waals surface area contributed by atoms with Crippen molar-refractivity contribution in [1.82, 2.24) is 0 Å². The normalized spacial score (nSPS) is 16.0. The van der Waals surface area contributed by atoms with Crippen LogP contribution in [0.2, 0.25) is 0 Å². The number of halogens is 2. The van der Waals surface area contributed by atoms with Crippen molar-refractivity contribution in [2.45, 2.75) is 26.9 Å². The lowest BCUT2D eigenvalue weighted by molar-refractivity contribution is -0.130. The Hall–Kier alpha value is -1.34. The number of carbonyl (C=O) groups is 1. The first kappa shape index (κ1) is 17.0. The van der Waals surface area contributed by atoms with Crippen molar-refractivity contribution in [3.63, 3.8) is 0 Å². The summed E-state index contributed by atoms with van der Waals surface area (Å²) in [5.74, 6) is 1.02. The summed E-state index contributed by atoms with van der Waals surface area (Å²) in [7, 11) is 1.56. The summed E-state index contributed by atoms with van der Waals surface area (Å²) >= 11 is 6.99. The maximum absolute atomic E-state index is 11.7. The van der Waals surface area contributed by atoms with Gasteiger partial charge in [0.2, 0.25) is 0 Å². The third kappa shape index (κ3) is 3.52. The van der Waals surface area contributed by atoms with Gasteiger partial charge in [-0.1, -0.05) is 0 Å². The second-order valence-corrected chi connectivity index (χ2v) is 6.43. The molecule has 22 heavy (non-hydrogen) atoms. The average Bonchev–Trinajstić information content (AvgIpc) is 2.76. The lowest BCUT2D eigenvalue weighted by Gasteiger charge is -2.17. The molecule has 1 heterocycles. The van der Waals surface area contributed by atoms with Gasteiger partial charge >= 0.3 is 5.97 Å². The Morgan fingerprint density at radius 3 is 2.50 bits per heavy atom. The van der Waals surface area contributed by atoms with Crippen molar-refractivity contribution in [2.24, 2.45) is 4.99 Å². The smallest absolute Gasteiger partial charge is 0.363 e. The summed E-state index contributed by atoms with van der Waals surface area (Å²) in [4.78, 5) is 15.7. The maximum Gasteiger partial charge on any atom is 0.363 e. The number of cyclic esters (lactones) is 1. The number of benzene rings is 1. The largest absolute Gasteiger partial charge is 0.493 e. The third-order valence-corrected chi connectivity index (χ3v) is 4.89. The molecule has 0 aromatic heterocycles. The summed E-state index contributed by atoms with van der Waals surface area (Å²) in [6.07, 6.45) is 1.63. The van der Waals surface area contributed by atoms with Gasteiger partial charge in [0, 0.05) is 11.4 Å². The third-order valence-electron chi connectivity index (χ3n) is 2.75. The van der Waals surface area contributed by atoms with E-state index < -0.39 is 5.97 Å². The first-order valence-corrected chi connectivity index (χ1v) is 8.14. The Morgan fingerprint density at radius 2 is 2.00 bits per heavy atom. The zero-order chi connectivity index (χ0) is 16.4. The highest BCUT2D eigenvalue weighted by Crippen LogP contribution is 2.44. The van der Waals surface area contributed by atoms with E-state index >= 15 is 0 Å². The number of nitrogens with zero attached hydrogens (tertiary/aromatic N) is 1. The molecule has 0 atom stereocenters. The first-order valence-electron chi connectivity index (χ1n) is 6.55. The van der Waals surface area contributed by atoms with Crippen LogP contribution in [0.5, 0.6) is 11.5 Å². The highest BCUT2D eigenvalue weighted by Gasteiger charge is 2.22. The maximum atomic E-state index is 11.7. The van der Waals surface area contributed by atoms with Crippen LogP contribution in [0.25, 0.3) is 6.08 Å². The number of carbonyl (C=O) groups excluding carboxylic acids is 1. The minimum Gasteiger partial charge on any atom is -0.493 e. The van der Waals surface area contributed by atoms with Gasteiger partial charge in [0.05, 0.1) is 17.7 Å². The van der Waals surface area contributed by atoms with Crippen LogP contribution >= 0.6 is 31.9 Å². The predicted octanol–water partition coefficient (Wildman–Crippen LogP) is 4.32. The fraction of sp³-hybridized carbons (Fsp3) is 0.333. The average molecular weight is 433 g/mol. The molecule has 7 heteroatoms. The number of ether oxygens (including phenoxy) is 3. The molecule has 1 aromatic rings. The zero-order valence-corrected chi connectivity index (χ0v) is 15.7. The lowest BCUT2D eigenvalue weighted by Crippen LogP contribution is -2.08. The van der Waals surface area contributed by atoms with Crippen molar-refractivity contribution >= 4 is 49.8 Å². The highest BCUT2D eigenvalue weighted by molar-refractivity contribution is 9.13. The van der Waals surface area contributed by atoms with Crippen molar-refractivity contribution in [3.05, 3.63) is 26.3 Å². The van der Waals surface area contributed by atoms with Crippen molar-refractivity contribution in [3.8, 4) is 11.5 Å². The molecular weight excluding hydrogens is 418 g/mol. The van der Waals surface area contributed by atoms with E-state index in [9.17, 15) is 4.79 Å². The summed E-state index contributed by atoms with van der Waals surface area (Å²) in [6.45, 7) is 5.49. The van der Waals surface area contributed by atoms with Gasteiger partial charge in [-0.15, -0.1) is 0 Å². The number of hydrogen-bond acceptors (Lipinski definition) is 5. The van der Waals surface area contributed by atoms with Crippen LogP contribution in [0.15, 0.2) is 25.7 Å². The second kappa shape index (κ2) is 6.83. The van der Waals surface area contributed by atoms with E-state index in [1.165, 1.54) is 0 Å². The molecule has 0 aliphatic carbocycles. The predicted molar refractivity (Wildman–Crippen MR) is 91.3 cm³/mol. The summed E-state index contributed by atoms with van der Waals surface area (Å²) in [5.41, 5.74) is 0.968. The Morgan fingerprint density at radius 1 is 1.32 bits per heavy atom. The van der Waals surface area contributed by atoms with Crippen LogP contribution in [0.4, 0.5) is 0 Å². The van der Waals surface area contributed by atoms with Crippen LogP contribution in [0, 0.1) is 0 Å². The van der Waals surface area contributed by atoms with Gasteiger partial charge in [-0.3, -0.25) is 0 Å². The first-order chi connectivity index (χ1) is 10.3. The van der Waals surface area contributed by atoms with Crippen LogP contribution in [-0.4, -0.2) is 25.1 Å². The fourth-order valence-electron chi connectivity index (χ4n) is 1.87. The molecule has 118 valence electrons. The van der Waals surface area contributed by atoms with Crippen LogP contribution in [-0.2, 0) is 9.53 Å². The van der Waals surface area contributed by atoms with E-state index in [0.717, 1.165) is 10.0 Å². The van der Waals surface area contributed by atoms with E-state index in [1.54, 1.807) is 26.2 Å². The summed E-state index contributed by atoms with van der Waals surface area (Å²) in [6, 6.07) is 1.77. The lowest BCUT2D eigenvalue weighted by atomic mass is 10.1. The zero-order valence-electron chi connectivity index (χ0n) is 12.6. The molecule has 2 rings (SSSR count). The molecular formula is C15H15Br2NO4. The SMILES string of the molecule is COc1cc(/C=C2\N=C(C)OC2=O)c(Br)c(Br)c1OC(C)C. The molecule has 0 amide bonds. The molecule has 1 aliphatic heterocycles. The number of methoxy groups -OCH3 is 1. The van der Waals surface area contributed by atoms with Gasteiger partial charge in [-0.05, 0) is 63.4 Å². The highest BCUT2D eigenvalue weighted by atomic mass is 79.9. The van der Waals surface area contributed by atoms with Crippen molar-refractivity contribution < 1.29 is 19.0 Å². The van der Waals surface area contributed by atoms with E-state index in [-0.39, 0.29) is 11.8 Å². The fourth-order valence-corrected chi connectivity index (χ4v) is 2.80. The minimum atomic E-state index is -0.470. The number of esters is 1. The molecule has 1 aromatic carbocycles. The standard InChI is InChI=1S/C15H15Br2NO4/c1-7(2)21-14-11(20-4)6-9(12(16)13(14)17)5-10-15(19)22-8(3)18-10/h5-7H,1-4H3/b10-5-. The van der Waals surface area contributed by atoms with Gasteiger partial charge < -0.3 is 14.2 Å². The monoisotopic (exact) mass is 431 g/mol. The molecule has 5 nitrogen and oxygen atoms in total. The summed E-state index contributed by atoms with van der Waals surface area (Å²) in [5, 5.41) is 0. The minimum absolute atomic E-state index is 0.00151. The molecule has 0 bridgehead atoms. The Balaban J connectivity index is 2.53. The quantitative estimate of drug-likeness (QED) is 0.525. The number of hydrogen-bond donors (Lipinski definition) is 0. The summed E-state index contributed by atoms with van der Waals surface area (Å²) < 4.78 is 17.5. The van der Waals surface area contributed by atoms with Gasteiger partial charge in [0.15, 0.2) is 23.1 Å². The van der Waals surface area contributed by atoms with Crippen molar-refractivity contribution in [1.29, 1.82) is 0 Å². The Labute approximate surface area is 145 Å². The molecule has 0 saturated heterocycles. The van der Waals surface area contributed by atoms with Crippen LogP contribution in [0.1, 0.15) is 26.3 Å². The van der Waals surface area contributed by atoms with Crippen LogP contribution in [0.3, 0.4) is 0 Å². The van der Waals surface area contributed by atoms with Gasteiger partial charge in [0.25, 0.3) is 0 Å². The number of aliphatic imine (C=N–C) groups is 1. The molecule has 0 fully saturated rings. The number of rotatable bonds is 4. The Bertz CT molecular complexity index is 681. The van der Waals surface area contributed by atoms with Gasteiger partial charge in [0.1, 0.15) is 0 Å². The topological polar surface area (TPSA) is 57.1 Å². The molecule has 0 N–H and O–H groups in total. The molecule has 0 unspecified atom stereocenters. The van der Waals surface area contributed by atoms with E-state index in [1.807, 2.05) is 13.8 Å². The van der Waals surface area contributed by atoms with Crippen molar-refractivity contribution in [2.75, 3.05) is 7.11 Å². The van der Waals surface area contributed by atoms with E-state index in [2.05, 4.69) is 36.9 Å². The van der Waals surface area contributed by atoms with E-state index in [4.69, 9.17) is 14.2 Å².